The second-order valence-electron chi connectivity index (χ2n) is 5.90. The molecule has 1 aliphatic rings. The van der Waals surface area contributed by atoms with Crippen molar-refractivity contribution in [3.63, 3.8) is 0 Å². The third-order valence-corrected chi connectivity index (χ3v) is 5.25. The highest BCUT2D eigenvalue weighted by Crippen LogP contribution is 2.40. The normalized spacial score (nSPS) is 15.9. The summed E-state index contributed by atoms with van der Waals surface area (Å²) in [5.41, 5.74) is 0.616. The van der Waals surface area contributed by atoms with Gasteiger partial charge in [-0.25, -0.2) is 4.98 Å². The average Bonchev–Trinajstić information content (AvgIpc) is 3.33. The minimum atomic E-state index is -0.102. The monoisotopic (exact) mass is 327 g/mol. The number of nitrogens with one attached hydrogen (secondary N) is 1. The molecule has 0 saturated heterocycles. The molecule has 7 heteroatoms. The maximum Gasteiger partial charge on any atom is 0.258 e. The molecule has 1 aromatic carbocycles. The first-order valence-electron chi connectivity index (χ1n) is 7.68. The Morgan fingerprint density at radius 3 is 2.87 bits per heavy atom. The molecule has 2 heterocycles. The molecule has 0 spiro atoms. The second-order valence-corrected chi connectivity index (χ2v) is 7.21. The number of aromatic nitrogens is 5. The van der Waals surface area contributed by atoms with Crippen molar-refractivity contribution in [2.24, 2.45) is 7.05 Å². The van der Waals surface area contributed by atoms with Crippen molar-refractivity contribution < 1.29 is 0 Å². The van der Waals surface area contributed by atoms with Gasteiger partial charge in [-0.1, -0.05) is 23.9 Å². The predicted octanol–water partition coefficient (Wildman–Crippen LogP) is 2.78. The van der Waals surface area contributed by atoms with E-state index in [2.05, 4.69) is 24.7 Å². The standard InChI is InChI=1S/C16H17N5OS/c1-9(23-16-20-19-14(21(16)2)10-7-8-10)13-17-12-6-4-3-5-11(12)15(22)18-13/h3-6,9-10H,7-8H2,1-2H3,(H,17,18,22)/t9-/m1/s1. The number of hydrogen-bond donors (Lipinski definition) is 1. The Hall–Kier alpha value is -2.15. The van der Waals surface area contributed by atoms with Crippen LogP contribution in [0, 0.1) is 0 Å². The summed E-state index contributed by atoms with van der Waals surface area (Å²) in [6.45, 7) is 2.02. The number of aromatic amines is 1. The lowest BCUT2D eigenvalue weighted by molar-refractivity contribution is 0.733. The number of nitrogens with zero attached hydrogens (tertiary/aromatic N) is 4. The molecule has 3 aromatic rings. The molecule has 0 radical (unpaired) electrons. The quantitative estimate of drug-likeness (QED) is 0.746. The number of thioether (sulfide) groups is 1. The van der Waals surface area contributed by atoms with Crippen LogP contribution < -0.4 is 5.56 Å². The van der Waals surface area contributed by atoms with Gasteiger partial charge in [0.05, 0.1) is 16.2 Å². The number of rotatable bonds is 4. The summed E-state index contributed by atoms with van der Waals surface area (Å²) in [4.78, 5) is 19.7. The summed E-state index contributed by atoms with van der Waals surface area (Å²) in [7, 11) is 2.00. The van der Waals surface area contributed by atoms with Gasteiger partial charge < -0.3 is 9.55 Å². The molecule has 0 bridgehead atoms. The van der Waals surface area contributed by atoms with E-state index in [1.807, 2.05) is 32.2 Å². The van der Waals surface area contributed by atoms with Gasteiger partial charge in [0, 0.05) is 13.0 Å². The Morgan fingerprint density at radius 2 is 2.09 bits per heavy atom. The second kappa shape index (κ2) is 5.49. The van der Waals surface area contributed by atoms with E-state index in [0.29, 0.717) is 17.1 Å². The van der Waals surface area contributed by atoms with Crippen LogP contribution in [0.5, 0.6) is 0 Å². The van der Waals surface area contributed by atoms with E-state index in [0.717, 1.165) is 16.5 Å². The molecular weight excluding hydrogens is 310 g/mol. The van der Waals surface area contributed by atoms with E-state index < -0.39 is 0 Å². The first-order valence-corrected chi connectivity index (χ1v) is 8.56. The highest BCUT2D eigenvalue weighted by Gasteiger charge is 2.29. The predicted molar refractivity (Wildman–Crippen MR) is 89.6 cm³/mol. The molecule has 1 atom stereocenters. The fourth-order valence-electron chi connectivity index (χ4n) is 2.64. The van der Waals surface area contributed by atoms with Crippen molar-refractivity contribution in [3.05, 3.63) is 46.3 Å². The lowest BCUT2D eigenvalue weighted by atomic mass is 10.2. The molecule has 0 amide bonds. The van der Waals surface area contributed by atoms with Gasteiger partial charge in [-0.05, 0) is 31.9 Å². The molecule has 1 N–H and O–H groups in total. The maximum atomic E-state index is 12.2. The molecule has 1 fully saturated rings. The Bertz CT molecular complexity index is 928. The number of hydrogen-bond acceptors (Lipinski definition) is 5. The zero-order valence-electron chi connectivity index (χ0n) is 13.0. The Kier molecular flexibility index (Phi) is 3.45. The van der Waals surface area contributed by atoms with Crippen molar-refractivity contribution in [1.82, 2.24) is 24.7 Å². The van der Waals surface area contributed by atoms with Gasteiger partial charge in [0.25, 0.3) is 5.56 Å². The zero-order valence-corrected chi connectivity index (χ0v) is 13.8. The van der Waals surface area contributed by atoms with Crippen molar-refractivity contribution in [1.29, 1.82) is 0 Å². The molecule has 2 aromatic heterocycles. The molecular formula is C16H17N5OS. The first kappa shape index (κ1) is 14.4. The van der Waals surface area contributed by atoms with Crippen molar-refractivity contribution >= 4 is 22.7 Å². The molecule has 0 unspecified atom stereocenters. The van der Waals surface area contributed by atoms with Crippen LogP contribution in [0.4, 0.5) is 0 Å². The average molecular weight is 327 g/mol. The number of fused-ring (bicyclic) bond motifs is 1. The third-order valence-electron chi connectivity index (χ3n) is 4.11. The molecule has 1 aliphatic carbocycles. The number of H-pyrrole nitrogens is 1. The zero-order chi connectivity index (χ0) is 16.0. The Balaban J connectivity index is 1.64. The summed E-state index contributed by atoms with van der Waals surface area (Å²) in [5, 5.41) is 10.0. The van der Waals surface area contributed by atoms with Crippen molar-refractivity contribution in [2.75, 3.05) is 0 Å². The van der Waals surface area contributed by atoms with E-state index in [1.54, 1.807) is 17.8 Å². The molecule has 23 heavy (non-hydrogen) atoms. The third kappa shape index (κ3) is 2.65. The summed E-state index contributed by atoms with van der Waals surface area (Å²) in [5.74, 6) is 2.28. The smallest absolute Gasteiger partial charge is 0.258 e. The maximum absolute atomic E-state index is 12.2. The van der Waals surface area contributed by atoms with E-state index in [-0.39, 0.29) is 10.8 Å². The van der Waals surface area contributed by atoms with Crippen LogP contribution >= 0.6 is 11.8 Å². The minimum absolute atomic E-state index is 0.0118. The molecule has 1 saturated carbocycles. The van der Waals surface area contributed by atoms with Crippen LogP contribution in [0.25, 0.3) is 10.9 Å². The van der Waals surface area contributed by atoms with Crippen LogP contribution in [0.2, 0.25) is 0 Å². The van der Waals surface area contributed by atoms with Gasteiger partial charge in [0.15, 0.2) is 5.16 Å². The summed E-state index contributed by atoms with van der Waals surface area (Å²) < 4.78 is 2.05. The van der Waals surface area contributed by atoms with E-state index in [9.17, 15) is 4.79 Å². The summed E-state index contributed by atoms with van der Waals surface area (Å²) >= 11 is 1.56. The highest BCUT2D eigenvalue weighted by atomic mass is 32.2. The Morgan fingerprint density at radius 1 is 1.30 bits per heavy atom. The first-order chi connectivity index (χ1) is 11.1. The number of para-hydroxylation sites is 1. The molecule has 118 valence electrons. The van der Waals surface area contributed by atoms with E-state index in [1.165, 1.54) is 12.8 Å². The van der Waals surface area contributed by atoms with Crippen molar-refractivity contribution in [2.45, 2.75) is 36.1 Å². The summed E-state index contributed by atoms with van der Waals surface area (Å²) in [6, 6.07) is 7.38. The largest absolute Gasteiger partial charge is 0.309 e. The van der Waals surface area contributed by atoms with Crippen LogP contribution in [0.1, 0.15) is 42.6 Å². The van der Waals surface area contributed by atoms with Crippen LogP contribution in [0.3, 0.4) is 0 Å². The van der Waals surface area contributed by atoms with E-state index in [4.69, 9.17) is 0 Å². The molecule has 0 aliphatic heterocycles. The topological polar surface area (TPSA) is 76.5 Å². The van der Waals surface area contributed by atoms with Gasteiger partial charge in [-0.3, -0.25) is 4.79 Å². The highest BCUT2D eigenvalue weighted by molar-refractivity contribution is 7.99. The van der Waals surface area contributed by atoms with Gasteiger partial charge in [0.2, 0.25) is 0 Å². The van der Waals surface area contributed by atoms with Gasteiger partial charge in [-0.2, -0.15) is 0 Å². The van der Waals surface area contributed by atoms with Crippen LogP contribution in [0.15, 0.2) is 34.2 Å². The van der Waals surface area contributed by atoms with Crippen LogP contribution in [-0.2, 0) is 7.05 Å². The lowest BCUT2D eigenvalue weighted by Crippen LogP contribution is -2.13. The number of benzene rings is 1. The van der Waals surface area contributed by atoms with Gasteiger partial charge in [0.1, 0.15) is 11.6 Å². The van der Waals surface area contributed by atoms with Gasteiger partial charge in [-0.15, -0.1) is 10.2 Å². The molecule has 6 nitrogen and oxygen atoms in total. The minimum Gasteiger partial charge on any atom is -0.309 e. The van der Waals surface area contributed by atoms with Gasteiger partial charge >= 0.3 is 0 Å². The Labute approximate surface area is 137 Å². The van der Waals surface area contributed by atoms with E-state index >= 15 is 0 Å². The summed E-state index contributed by atoms with van der Waals surface area (Å²) in [6.07, 6.45) is 2.40. The lowest BCUT2D eigenvalue weighted by Gasteiger charge is -2.10. The SMILES string of the molecule is C[C@@H](Sc1nnc(C2CC2)n1C)c1nc2ccccc2c(=O)[nH]1. The van der Waals surface area contributed by atoms with Crippen LogP contribution in [-0.4, -0.2) is 24.7 Å². The van der Waals surface area contributed by atoms with Crippen molar-refractivity contribution in [3.8, 4) is 0 Å². The fraction of sp³-hybridized carbons (Fsp3) is 0.375. The molecule has 4 rings (SSSR count). The fourth-order valence-corrected chi connectivity index (χ4v) is 3.52.